The predicted molar refractivity (Wildman–Crippen MR) is 120 cm³/mol. The number of hydrogen-bond acceptors (Lipinski definition) is 7. The fourth-order valence-electron chi connectivity index (χ4n) is 2.81. The maximum atomic E-state index is 13.4. The molecule has 1 aromatic heterocycles. The number of pyridine rings is 1. The minimum absolute atomic E-state index is 0.0246. The Kier molecular flexibility index (Phi) is 7.40. The first-order valence-corrected chi connectivity index (χ1v) is 10.9. The first-order valence-electron chi connectivity index (χ1n) is 9.47. The number of nitrogens with one attached hydrogen (secondary N) is 1. The Bertz CT molecular complexity index is 1190. The lowest BCUT2D eigenvalue weighted by molar-refractivity contribution is -0.119. The number of carbonyl (C=O) groups is 1. The van der Waals surface area contributed by atoms with Crippen LogP contribution in [0.3, 0.4) is 0 Å². The number of aromatic nitrogens is 1. The lowest BCUT2D eigenvalue weighted by Crippen LogP contribution is -2.39. The molecule has 0 aliphatic carbocycles. The molecule has 3 aromatic rings. The van der Waals surface area contributed by atoms with Crippen molar-refractivity contribution in [2.45, 2.75) is 4.90 Å². The standard InChI is InChI=1S/C22H22N4O5S/c1-30-18-10-11-21(31-2)20(13-18)26(32(28,29)19-8-4-3-5-9-19)16-22(27)25-24-15-17-7-6-12-23-14-17/h3-15H,16H2,1-2H3,(H,25,27)/b24-15+. The summed E-state index contributed by atoms with van der Waals surface area (Å²) in [5.74, 6) is 0.0237. The molecule has 1 amide bonds. The third kappa shape index (κ3) is 5.41. The highest BCUT2D eigenvalue weighted by atomic mass is 32.2. The Balaban J connectivity index is 1.94. The molecule has 2 aromatic carbocycles. The van der Waals surface area contributed by atoms with E-state index in [4.69, 9.17) is 9.47 Å². The van der Waals surface area contributed by atoms with E-state index in [9.17, 15) is 13.2 Å². The number of carbonyl (C=O) groups excluding carboxylic acids is 1. The molecular weight excluding hydrogens is 432 g/mol. The number of rotatable bonds is 9. The van der Waals surface area contributed by atoms with Crippen molar-refractivity contribution in [2.75, 3.05) is 25.1 Å². The van der Waals surface area contributed by atoms with E-state index in [1.165, 1.54) is 38.6 Å². The molecule has 0 aliphatic heterocycles. The van der Waals surface area contributed by atoms with E-state index in [1.807, 2.05) is 0 Å². The molecule has 0 aliphatic rings. The van der Waals surface area contributed by atoms with Crippen LogP contribution in [0.4, 0.5) is 5.69 Å². The number of ether oxygens (including phenoxy) is 2. The van der Waals surface area contributed by atoms with Crippen molar-refractivity contribution >= 4 is 27.8 Å². The topological polar surface area (TPSA) is 110 Å². The maximum absolute atomic E-state index is 13.4. The molecule has 0 saturated carbocycles. The zero-order valence-corrected chi connectivity index (χ0v) is 18.3. The summed E-state index contributed by atoms with van der Waals surface area (Å²) in [6.07, 6.45) is 4.60. The molecule has 0 saturated heterocycles. The van der Waals surface area contributed by atoms with Crippen LogP contribution < -0.4 is 19.2 Å². The first kappa shape index (κ1) is 22.8. The van der Waals surface area contributed by atoms with E-state index in [0.717, 1.165) is 4.31 Å². The smallest absolute Gasteiger partial charge is 0.264 e. The molecule has 0 unspecified atom stereocenters. The van der Waals surface area contributed by atoms with Gasteiger partial charge in [0.2, 0.25) is 0 Å². The van der Waals surface area contributed by atoms with Crippen molar-refractivity contribution in [2.24, 2.45) is 5.10 Å². The average Bonchev–Trinajstić information content (AvgIpc) is 2.83. The molecule has 9 nitrogen and oxygen atoms in total. The van der Waals surface area contributed by atoms with Gasteiger partial charge in [-0.15, -0.1) is 0 Å². The van der Waals surface area contributed by atoms with Gasteiger partial charge in [0.05, 0.1) is 31.0 Å². The SMILES string of the molecule is COc1ccc(OC)c(N(CC(=O)N/N=C/c2cccnc2)S(=O)(=O)c2ccccc2)c1. The predicted octanol–water partition coefficient (Wildman–Crippen LogP) is 2.44. The normalized spacial score (nSPS) is 11.2. The number of benzene rings is 2. The molecule has 3 rings (SSSR count). The van der Waals surface area contributed by atoms with E-state index in [0.29, 0.717) is 11.3 Å². The van der Waals surface area contributed by atoms with Crippen LogP contribution in [0.2, 0.25) is 0 Å². The van der Waals surface area contributed by atoms with Gasteiger partial charge in [-0.2, -0.15) is 5.10 Å². The molecule has 1 heterocycles. The monoisotopic (exact) mass is 454 g/mol. The molecule has 0 atom stereocenters. The summed E-state index contributed by atoms with van der Waals surface area (Å²) in [5.41, 5.74) is 3.18. The summed E-state index contributed by atoms with van der Waals surface area (Å²) in [4.78, 5) is 16.6. The van der Waals surface area contributed by atoms with Gasteiger partial charge in [0, 0.05) is 24.0 Å². The van der Waals surface area contributed by atoms with Gasteiger partial charge < -0.3 is 9.47 Å². The van der Waals surface area contributed by atoms with E-state index >= 15 is 0 Å². The van der Waals surface area contributed by atoms with Gasteiger partial charge >= 0.3 is 0 Å². The van der Waals surface area contributed by atoms with Gasteiger partial charge in [-0.1, -0.05) is 24.3 Å². The lowest BCUT2D eigenvalue weighted by Gasteiger charge is -2.25. The molecule has 1 N–H and O–H groups in total. The molecule has 0 bridgehead atoms. The number of anilines is 1. The minimum Gasteiger partial charge on any atom is -0.497 e. The van der Waals surface area contributed by atoms with Crippen LogP contribution in [-0.2, 0) is 14.8 Å². The zero-order valence-electron chi connectivity index (χ0n) is 17.5. The molecule has 166 valence electrons. The minimum atomic E-state index is -4.11. The Labute approximate surface area is 186 Å². The summed E-state index contributed by atoms with van der Waals surface area (Å²) in [7, 11) is -1.24. The average molecular weight is 455 g/mol. The number of sulfonamides is 1. The van der Waals surface area contributed by atoms with E-state index < -0.39 is 22.5 Å². The number of nitrogens with zero attached hydrogens (tertiary/aromatic N) is 3. The number of methoxy groups -OCH3 is 2. The van der Waals surface area contributed by atoms with Gasteiger partial charge in [0.1, 0.15) is 18.0 Å². The van der Waals surface area contributed by atoms with Gasteiger partial charge in [0.25, 0.3) is 15.9 Å². The number of hydrogen-bond donors (Lipinski definition) is 1. The quantitative estimate of drug-likeness (QED) is 0.393. The maximum Gasteiger partial charge on any atom is 0.264 e. The van der Waals surface area contributed by atoms with Crippen molar-refractivity contribution in [3.8, 4) is 11.5 Å². The summed E-state index contributed by atoms with van der Waals surface area (Å²) in [6, 6.07) is 16.0. The van der Waals surface area contributed by atoms with Crippen LogP contribution in [0.25, 0.3) is 0 Å². The fourth-order valence-corrected chi connectivity index (χ4v) is 4.25. The highest BCUT2D eigenvalue weighted by Crippen LogP contribution is 2.35. The fraction of sp³-hybridized carbons (Fsp3) is 0.136. The number of hydrazone groups is 1. The van der Waals surface area contributed by atoms with Crippen LogP contribution in [0, 0.1) is 0 Å². The van der Waals surface area contributed by atoms with Crippen molar-refractivity contribution in [3.05, 3.63) is 78.6 Å². The van der Waals surface area contributed by atoms with Gasteiger partial charge in [-0.3, -0.25) is 14.1 Å². The number of amides is 1. The van der Waals surface area contributed by atoms with Gasteiger partial charge in [-0.25, -0.2) is 13.8 Å². The van der Waals surface area contributed by atoms with Crippen LogP contribution in [0.15, 0.2) is 83.1 Å². The van der Waals surface area contributed by atoms with Crippen molar-refractivity contribution in [1.29, 1.82) is 0 Å². The Hall–Kier alpha value is -3.92. The van der Waals surface area contributed by atoms with Crippen LogP contribution in [0.1, 0.15) is 5.56 Å². The van der Waals surface area contributed by atoms with E-state index in [2.05, 4.69) is 15.5 Å². The van der Waals surface area contributed by atoms with E-state index in [-0.39, 0.29) is 16.3 Å². The Morgan fingerprint density at radius 3 is 2.53 bits per heavy atom. The zero-order chi connectivity index (χ0) is 23.0. The molecule has 0 radical (unpaired) electrons. The summed E-state index contributed by atoms with van der Waals surface area (Å²) < 4.78 is 38.4. The van der Waals surface area contributed by atoms with Crippen molar-refractivity contribution in [3.63, 3.8) is 0 Å². The second-order valence-corrected chi connectivity index (χ2v) is 8.30. The van der Waals surface area contributed by atoms with Crippen LogP contribution in [0.5, 0.6) is 11.5 Å². The lowest BCUT2D eigenvalue weighted by atomic mass is 10.2. The van der Waals surface area contributed by atoms with Crippen molar-refractivity contribution in [1.82, 2.24) is 10.4 Å². The third-order valence-electron chi connectivity index (χ3n) is 4.36. The Morgan fingerprint density at radius 1 is 1.09 bits per heavy atom. The van der Waals surface area contributed by atoms with E-state index in [1.54, 1.807) is 54.9 Å². The highest BCUT2D eigenvalue weighted by Gasteiger charge is 2.29. The van der Waals surface area contributed by atoms with Gasteiger partial charge in [0.15, 0.2) is 0 Å². The summed E-state index contributed by atoms with van der Waals surface area (Å²) >= 11 is 0. The van der Waals surface area contributed by atoms with Crippen molar-refractivity contribution < 1.29 is 22.7 Å². The highest BCUT2D eigenvalue weighted by molar-refractivity contribution is 7.92. The van der Waals surface area contributed by atoms with Crippen LogP contribution in [-0.4, -0.2) is 46.3 Å². The molecule has 32 heavy (non-hydrogen) atoms. The molecule has 0 fully saturated rings. The van der Waals surface area contributed by atoms with Crippen LogP contribution >= 0.6 is 0 Å². The first-order chi connectivity index (χ1) is 15.5. The molecule has 0 spiro atoms. The van der Waals surface area contributed by atoms with Gasteiger partial charge in [-0.05, 0) is 30.3 Å². The largest absolute Gasteiger partial charge is 0.497 e. The molecular formula is C22H22N4O5S. The third-order valence-corrected chi connectivity index (χ3v) is 6.13. The summed E-state index contributed by atoms with van der Waals surface area (Å²) in [6.45, 7) is -0.537. The second-order valence-electron chi connectivity index (χ2n) is 6.44. The Morgan fingerprint density at radius 2 is 1.88 bits per heavy atom. The summed E-state index contributed by atoms with van der Waals surface area (Å²) in [5, 5.41) is 3.88. The second kappa shape index (κ2) is 10.4. The molecule has 10 heteroatoms.